The van der Waals surface area contributed by atoms with Crippen LogP contribution in [-0.2, 0) is 31.4 Å². The van der Waals surface area contributed by atoms with Crippen LogP contribution in [0.4, 0.5) is 24.5 Å². The van der Waals surface area contributed by atoms with Crippen molar-refractivity contribution in [1.29, 1.82) is 0 Å². The number of hydrogen-bond acceptors (Lipinski definition) is 4. The van der Waals surface area contributed by atoms with E-state index >= 15 is 0 Å². The Morgan fingerprint density at radius 1 is 0.943 bits per heavy atom. The summed E-state index contributed by atoms with van der Waals surface area (Å²) >= 11 is 0. The highest BCUT2D eigenvalue weighted by molar-refractivity contribution is 7.86. The van der Waals surface area contributed by atoms with E-state index in [9.17, 15) is 31.8 Å². The molecule has 0 spiro atoms. The fourth-order valence-corrected chi connectivity index (χ4v) is 3.92. The summed E-state index contributed by atoms with van der Waals surface area (Å²) in [4.78, 5) is 38.4. The molecule has 35 heavy (non-hydrogen) atoms. The van der Waals surface area contributed by atoms with Gasteiger partial charge in [-0.1, -0.05) is 23.8 Å². The number of nitrogens with zero attached hydrogens (tertiary/aromatic N) is 1. The molecule has 7 nitrogen and oxygen atoms in total. The van der Waals surface area contributed by atoms with Crippen LogP contribution in [0.5, 0.6) is 0 Å². The van der Waals surface area contributed by atoms with E-state index in [0.29, 0.717) is 5.69 Å². The van der Waals surface area contributed by atoms with Crippen LogP contribution in [0, 0.1) is 6.92 Å². The Kier molecular flexibility index (Phi) is 9.19. The molecular formula is C24H28F3N3O4S. The molecule has 0 fully saturated rings. The van der Waals surface area contributed by atoms with Gasteiger partial charge < -0.3 is 15.5 Å². The van der Waals surface area contributed by atoms with Gasteiger partial charge in [0.2, 0.25) is 17.7 Å². The highest BCUT2D eigenvalue weighted by atomic mass is 32.2. The first-order valence-electron chi connectivity index (χ1n) is 10.6. The average molecular weight is 512 g/mol. The Balaban J connectivity index is 2.16. The summed E-state index contributed by atoms with van der Waals surface area (Å²) in [6.07, 6.45) is -4.66. The standard InChI is InChI=1S/C24H28F3N3O4S/c1-16-8-10-18(11-9-16)28-21(32)14-35(34)15-22(33)30(13-20(31)29-23(2,3)4)19-7-5-6-17(12-19)24(25,26)27/h5-12H,13-15H2,1-4H3,(H,28,32)(H,29,31). The van der Waals surface area contributed by atoms with Gasteiger partial charge >= 0.3 is 6.18 Å². The average Bonchev–Trinajstić information content (AvgIpc) is 2.71. The number of carbonyl (C=O) groups is 3. The Labute approximate surface area is 204 Å². The van der Waals surface area contributed by atoms with E-state index in [2.05, 4.69) is 10.6 Å². The zero-order valence-electron chi connectivity index (χ0n) is 19.9. The second-order valence-corrected chi connectivity index (χ2v) is 10.4. The molecule has 190 valence electrons. The molecule has 0 aliphatic carbocycles. The van der Waals surface area contributed by atoms with Crippen LogP contribution in [0.2, 0.25) is 0 Å². The first kappa shape index (κ1) is 28.0. The molecule has 11 heteroatoms. The van der Waals surface area contributed by atoms with Gasteiger partial charge in [0.1, 0.15) is 18.1 Å². The normalized spacial score (nSPS) is 12.5. The zero-order valence-corrected chi connectivity index (χ0v) is 20.7. The highest BCUT2D eigenvalue weighted by Crippen LogP contribution is 2.31. The maximum absolute atomic E-state index is 13.2. The predicted octanol–water partition coefficient (Wildman–Crippen LogP) is 3.65. The lowest BCUT2D eigenvalue weighted by Gasteiger charge is -2.26. The van der Waals surface area contributed by atoms with Gasteiger partial charge in [0.25, 0.3) is 0 Å². The van der Waals surface area contributed by atoms with Crippen molar-refractivity contribution in [3.63, 3.8) is 0 Å². The van der Waals surface area contributed by atoms with E-state index in [-0.39, 0.29) is 5.69 Å². The Hall–Kier alpha value is -3.21. The molecule has 0 aliphatic heterocycles. The molecule has 2 aromatic carbocycles. The molecule has 0 saturated heterocycles. The maximum atomic E-state index is 13.2. The number of hydrogen-bond donors (Lipinski definition) is 2. The van der Waals surface area contributed by atoms with Crippen LogP contribution in [0.25, 0.3) is 0 Å². The molecule has 2 N–H and O–H groups in total. The van der Waals surface area contributed by atoms with Crippen molar-refractivity contribution in [2.24, 2.45) is 0 Å². The summed E-state index contributed by atoms with van der Waals surface area (Å²) in [6, 6.07) is 10.9. The van der Waals surface area contributed by atoms with Crippen molar-refractivity contribution in [2.75, 3.05) is 28.3 Å². The van der Waals surface area contributed by atoms with Crippen LogP contribution in [-0.4, -0.2) is 45.5 Å². The van der Waals surface area contributed by atoms with Crippen LogP contribution in [0.3, 0.4) is 0 Å². The van der Waals surface area contributed by atoms with Gasteiger partial charge in [-0.15, -0.1) is 0 Å². The summed E-state index contributed by atoms with van der Waals surface area (Å²) in [7, 11) is -1.97. The van der Waals surface area contributed by atoms with E-state index in [0.717, 1.165) is 28.7 Å². The third-order valence-corrected chi connectivity index (χ3v) is 5.67. The highest BCUT2D eigenvalue weighted by Gasteiger charge is 2.32. The van der Waals surface area contributed by atoms with Gasteiger partial charge in [-0.2, -0.15) is 13.2 Å². The topological polar surface area (TPSA) is 95.6 Å². The van der Waals surface area contributed by atoms with Crippen molar-refractivity contribution in [2.45, 2.75) is 39.4 Å². The molecule has 0 bridgehead atoms. The van der Waals surface area contributed by atoms with E-state index in [1.54, 1.807) is 45.0 Å². The summed E-state index contributed by atoms with van der Waals surface area (Å²) < 4.78 is 52.1. The molecular weight excluding hydrogens is 483 g/mol. The SMILES string of the molecule is Cc1ccc(NC(=O)CS(=O)CC(=O)N(CC(=O)NC(C)(C)C)c2cccc(C(F)(F)F)c2)cc1. The number of alkyl halides is 3. The fraction of sp³-hybridized carbons (Fsp3) is 0.375. The van der Waals surface area contributed by atoms with Crippen LogP contribution >= 0.6 is 0 Å². The fourth-order valence-electron chi connectivity index (χ4n) is 3.02. The quantitative estimate of drug-likeness (QED) is 0.566. The molecule has 1 unspecified atom stereocenters. The number of nitrogens with one attached hydrogen (secondary N) is 2. The lowest BCUT2D eigenvalue weighted by molar-refractivity contribution is -0.137. The molecule has 2 aromatic rings. The number of amides is 3. The van der Waals surface area contributed by atoms with Crippen molar-refractivity contribution < 1.29 is 31.8 Å². The second kappa shape index (κ2) is 11.5. The molecule has 0 radical (unpaired) electrons. The number of aryl methyl sites for hydroxylation is 1. The number of halogens is 3. The van der Waals surface area contributed by atoms with E-state index in [4.69, 9.17) is 0 Å². The van der Waals surface area contributed by atoms with Gasteiger partial charge in [0.15, 0.2) is 0 Å². The van der Waals surface area contributed by atoms with Crippen LogP contribution < -0.4 is 15.5 Å². The van der Waals surface area contributed by atoms with Crippen LogP contribution in [0.1, 0.15) is 31.9 Å². The zero-order chi connectivity index (χ0) is 26.4. The Morgan fingerprint density at radius 3 is 2.14 bits per heavy atom. The van der Waals surface area contributed by atoms with Crippen molar-refractivity contribution in [1.82, 2.24) is 5.32 Å². The minimum absolute atomic E-state index is 0.171. The second-order valence-electron chi connectivity index (χ2n) is 8.97. The molecule has 0 heterocycles. The number of rotatable bonds is 8. The summed E-state index contributed by atoms with van der Waals surface area (Å²) in [5.74, 6) is -3.19. The summed E-state index contributed by atoms with van der Waals surface area (Å²) in [6.45, 7) is 6.43. The van der Waals surface area contributed by atoms with Gasteiger partial charge in [0.05, 0.1) is 5.56 Å². The summed E-state index contributed by atoms with van der Waals surface area (Å²) in [5, 5.41) is 5.21. The van der Waals surface area contributed by atoms with E-state index < -0.39 is 63.9 Å². The Morgan fingerprint density at radius 2 is 1.57 bits per heavy atom. The minimum Gasteiger partial charge on any atom is -0.350 e. The number of benzene rings is 2. The van der Waals surface area contributed by atoms with Gasteiger partial charge in [-0.25, -0.2) is 0 Å². The van der Waals surface area contributed by atoms with Gasteiger partial charge in [0, 0.05) is 27.7 Å². The lowest BCUT2D eigenvalue weighted by atomic mass is 10.1. The van der Waals surface area contributed by atoms with E-state index in [1.165, 1.54) is 6.07 Å². The molecule has 3 amide bonds. The number of anilines is 2. The monoisotopic (exact) mass is 511 g/mol. The molecule has 1 atom stereocenters. The first-order chi connectivity index (χ1) is 16.1. The Bertz CT molecular complexity index is 1100. The predicted molar refractivity (Wildman–Crippen MR) is 129 cm³/mol. The largest absolute Gasteiger partial charge is 0.416 e. The third kappa shape index (κ3) is 9.51. The van der Waals surface area contributed by atoms with Gasteiger partial charge in [-0.3, -0.25) is 18.6 Å². The van der Waals surface area contributed by atoms with Gasteiger partial charge in [-0.05, 0) is 58.0 Å². The van der Waals surface area contributed by atoms with Crippen molar-refractivity contribution in [3.8, 4) is 0 Å². The minimum atomic E-state index is -4.66. The molecule has 0 aliphatic rings. The third-order valence-electron chi connectivity index (χ3n) is 4.51. The molecule has 0 aromatic heterocycles. The van der Waals surface area contributed by atoms with E-state index in [1.807, 2.05) is 6.92 Å². The number of carbonyl (C=O) groups excluding carboxylic acids is 3. The maximum Gasteiger partial charge on any atom is 0.416 e. The summed E-state index contributed by atoms with van der Waals surface area (Å²) in [5.41, 5.74) is -0.329. The van der Waals surface area contributed by atoms with Crippen molar-refractivity contribution in [3.05, 3.63) is 59.7 Å². The lowest BCUT2D eigenvalue weighted by Crippen LogP contribution is -2.48. The first-order valence-corrected chi connectivity index (χ1v) is 12.1. The molecule has 0 saturated carbocycles. The smallest absolute Gasteiger partial charge is 0.350 e. The van der Waals surface area contributed by atoms with Crippen LogP contribution in [0.15, 0.2) is 48.5 Å². The molecule has 2 rings (SSSR count). The van der Waals surface area contributed by atoms with Crippen molar-refractivity contribution >= 4 is 39.9 Å².